The summed E-state index contributed by atoms with van der Waals surface area (Å²) in [6.07, 6.45) is 23.0. The summed E-state index contributed by atoms with van der Waals surface area (Å²) in [6.45, 7) is 5.40. The molecule has 0 unspecified atom stereocenters. The number of unbranched alkanes of at least 4 members (excludes halogenated alkanes) is 14. The minimum Gasteiger partial charge on any atom is -0.464 e. The zero-order valence-corrected chi connectivity index (χ0v) is 17.6. The lowest BCUT2D eigenvalue weighted by Crippen LogP contribution is -2.02. The molecule has 0 heterocycles. The van der Waals surface area contributed by atoms with Crippen LogP contribution >= 0.6 is 0 Å². The van der Waals surface area contributed by atoms with Crippen LogP contribution in [0.5, 0.6) is 0 Å². The summed E-state index contributed by atoms with van der Waals surface area (Å²) >= 11 is 0. The third-order valence-corrected chi connectivity index (χ3v) is 4.72. The van der Waals surface area contributed by atoms with Crippen molar-refractivity contribution in [1.82, 2.24) is 0 Å². The molecule has 0 fully saturated rings. The van der Waals surface area contributed by atoms with Crippen LogP contribution in [0.25, 0.3) is 0 Å². The van der Waals surface area contributed by atoms with E-state index in [1.165, 1.54) is 83.5 Å². The standard InChI is InChI=1S/C23H44O3/c1-3-5-7-9-11-12-13-14-15-17-19-23(21-24)26-22-25-20-18-16-10-8-6-4-2/h19,21H,3-18,20,22H2,1-2H3/b23-19+. The van der Waals surface area contributed by atoms with Crippen molar-refractivity contribution < 1.29 is 14.3 Å². The average molecular weight is 369 g/mol. The maximum atomic E-state index is 11.0. The lowest BCUT2D eigenvalue weighted by Gasteiger charge is -2.07. The number of hydrogen-bond donors (Lipinski definition) is 0. The van der Waals surface area contributed by atoms with Gasteiger partial charge in [0.05, 0.1) is 6.61 Å². The molecule has 0 aromatic heterocycles. The Labute approximate surface area is 162 Å². The first-order valence-corrected chi connectivity index (χ1v) is 11.2. The zero-order valence-electron chi connectivity index (χ0n) is 17.6. The largest absolute Gasteiger partial charge is 0.464 e. The summed E-state index contributed by atoms with van der Waals surface area (Å²) < 4.78 is 10.8. The lowest BCUT2D eigenvalue weighted by atomic mass is 10.1. The number of allylic oxidation sites excluding steroid dienone is 2. The molecule has 3 nitrogen and oxygen atoms in total. The van der Waals surface area contributed by atoms with Crippen LogP contribution in [0.15, 0.2) is 11.8 Å². The number of ether oxygens (including phenoxy) is 2. The van der Waals surface area contributed by atoms with Gasteiger partial charge in [-0.05, 0) is 25.3 Å². The lowest BCUT2D eigenvalue weighted by molar-refractivity contribution is -0.111. The summed E-state index contributed by atoms with van der Waals surface area (Å²) in [5.41, 5.74) is 0. The molecular formula is C23H44O3. The molecule has 0 aromatic rings. The second-order valence-electron chi connectivity index (χ2n) is 7.28. The summed E-state index contributed by atoms with van der Waals surface area (Å²) in [4.78, 5) is 11.0. The highest BCUT2D eigenvalue weighted by Gasteiger charge is 1.97. The third-order valence-electron chi connectivity index (χ3n) is 4.72. The van der Waals surface area contributed by atoms with Crippen molar-refractivity contribution in [3.8, 4) is 0 Å². The molecule has 0 radical (unpaired) electrons. The molecule has 0 bridgehead atoms. The molecule has 3 heteroatoms. The first-order valence-electron chi connectivity index (χ1n) is 11.2. The van der Waals surface area contributed by atoms with Crippen molar-refractivity contribution in [3.63, 3.8) is 0 Å². The highest BCUT2D eigenvalue weighted by atomic mass is 16.7. The van der Waals surface area contributed by atoms with Gasteiger partial charge in [0.1, 0.15) is 0 Å². The fourth-order valence-electron chi connectivity index (χ4n) is 2.99. The molecule has 0 aromatic carbocycles. The van der Waals surface area contributed by atoms with Crippen molar-refractivity contribution >= 4 is 6.29 Å². The smallest absolute Gasteiger partial charge is 0.189 e. The van der Waals surface area contributed by atoms with Crippen molar-refractivity contribution in [1.29, 1.82) is 0 Å². The minimum absolute atomic E-state index is 0.192. The first kappa shape index (κ1) is 25.2. The molecule has 154 valence electrons. The monoisotopic (exact) mass is 368 g/mol. The Bertz CT molecular complexity index is 313. The van der Waals surface area contributed by atoms with Crippen molar-refractivity contribution in [2.75, 3.05) is 13.4 Å². The van der Waals surface area contributed by atoms with Gasteiger partial charge in [0.15, 0.2) is 18.8 Å². The molecule has 0 aliphatic carbocycles. The molecule has 0 N–H and O–H groups in total. The van der Waals surface area contributed by atoms with Gasteiger partial charge >= 0.3 is 0 Å². The number of rotatable bonds is 21. The van der Waals surface area contributed by atoms with Crippen LogP contribution in [0.2, 0.25) is 0 Å². The first-order chi connectivity index (χ1) is 12.8. The number of carbonyl (C=O) groups is 1. The van der Waals surface area contributed by atoms with E-state index in [0.717, 1.165) is 32.2 Å². The second kappa shape index (κ2) is 22.2. The van der Waals surface area contributed by atoms with E-state index < -0.39 is 0 Å². The maximum absolute atomic E-state index is 11.0. The van der Waals surface area contributed by atoms with Crippen molar-refractivity contribution in [2.45, 2.75) is 117 Å². The van der Waals surface area contributed by atoms with Gasteiger partial charge in [-0.3, -0.25) is 4.79 Å². The molecular weight excluding hydrogens is 324 g/mol. The van der Waals surface area contributed by atoms with Crippen molar-refractivity contribution in [2.24, 2.45) is 0 Å². The number of carbonyl (C=O) groups excluding carboxylic acids is 1. The average Bonchev–Trinajstić information content (AvgIpc) is 2.66. The van der Waals surface area contributed by atoms with Crippen LogP contribution in [0, 0.1) is 0 Å². The molecule has 0 aliphatic heterocycles. The topological polar surface area (TPSA) is 35.5 Å². The van der Waals surface area contributed by atoms with E-state index in [2.05, 4.69) is 13.8 Å². The Morgan fingerprint density at radius 3 is 1.73 bits per heavy atom. The van der Waals surface area contributed by atoms with E-state index >= 15 is 0 Å². The highest BCUT2D eigenvalue weighted by molar-refractivity contribution is 5.69. The molecule has 0 atom stereocenters. The fraction of sp³-hybridized carbons (Fsp3) is 0.870. The number of hydrogen-bond acceptors (Lipinski definition) is 3. The third kappa shape index (κ3) is 19.5. The number of aldehydes is 1. The highest BCUT2D eigenvalue weighted by Crippen LogP contribution is 2.11. The Balaban J connectivity index is 3.41. The van der Waals surface area contributed by atoms with Gasteiger partial charge in [-0.25, -0.2) is 0 Å². The quantitative estimate of drug-likeness (QED) is 0.0698. The van der Waals surface area contributed by atoms with Crippen LogP contribution in [-0.2, 0) is 14.3 Å². The molecule has 26 heavy (non-hydrogen) atoms. The SMILES string of the molecule is CCCCCCCCCCC/C=C(\C=O)OCOCCCCCCCC. The molecule has 0 amide bonds. The predicted molar refractivity (Wildman–Crippen MR) is 111 cm³/mol. The molecule has 0 rings (SSSR count). The van der Waals surface area contributed by atoms with E-state index in [-0.39, 0.29) is 6.79 Å². The Morgan fingerprint density at radius 2 is 1.19 bits per heavy atom. The van der Waals surface area contributed by atoms with E-state index in [9.17, 15) is 4.79 Å². The van der Waals surface area contributed by atoms with Crippen molar-refractivity contribution in [3.05, 3.63) is 11.8 Å². The van der Waals surface area contributed by atoms with E-state index in [1.54, 1.807) is 0 Å². The van der Waals surface area contributed by atoms with Crippen LogP contribution in [0.3, 0.4) is 0 Å². The Kier molecular flexibility index (Phi) is 21.5. The van der Waals surface area contributed by atoms with Gasteiger partial charge in [-0.1, -0.05) is 97.3 Å². The summed E-state index contributed by atoms with van der Waals surface area (Å²) in [7, 11) is 0. The van der Waals surface area contributed by atoms with Gasteiger partial charge in [0.25, 0.3) is 0 Å². The Hall–Kier alpha value is -0.830. The molecule has 0 saturated carbocycles. The van der Waals surface area contributed by atoms with Crippen LogP contribution in [0.1, 0.15) is 117 Å². The van der Waals surface area contributed by atoms with E-state index in [0.29, 0.717) is 5.76 Å². The van der Waals surface area contributed by atoms with Crippen LogP contribution < -0.4 is 0 Å². The van der Waals surface area contributed by atoms with Gasteiger partial charge in [0, 0.05) is 0 Å². The summed E-state index contributed by atoms with van der Waals surface area (Å²) in [5.74, 6) is 0.424. The van der Waals surface area contributed by atoms with Gasteiger partial charge in [0.2, 0.25) is 0 Å². The predicted octanol–water partition coefficient (Wildman–Crippen LogP) is 7.34. The Morgan fingerprint density at radius 1 is 0.692 bits per heavy atom. The molecule has 0 aliphatic rings. The van der Waals surface area contributed by atoms with E-state index in [1.807, 2.05) is 6.08 Å². The van der Waals surface area contributed by atoms with Gasteiger partial charge < -0.3 is 9.47 Å². The normalized spacial score (nSPS) is 11.7. The fourth-order valence-corrected chi connectivity index (χ4v) is 2.99. The van der Waals surface area contributed by atoms with Gasteiger partial charge in [-0.15, -0.1) is 0 Å². The van der Waals surface area contributed by atoms with Crippen LogP contribution in [0.4, 0.5) is 0 Å². The molecule has 0 spiro atoms. The van der Waals surface area contributed by atoms with Gasteiger partial charge in [-0.2, -0.15) is 0 Å². The summed E-state index contributed by atoms with van der Waals surface area (Å²) in [6, 6.07) is 0. The minimum atomic E-state index is 0.192. The second-order valence-corrected chi connectivity index (χ2v) is 7.28. The van der Waals surface area contributed by atoms with E-state index in [4.69, 9.17) is 9.47 Å². The van der Waals surface area contributed by atoms with Crippen LogP contribution in [-0.4, -0.2) is 19.7 Å². The maximum Gasteiger partial charge on any atom is 0.189 e. The molecule has 0 saturated heterocycles. The zero-order chi connectivity index (χ0) is 19.1. The summed E-state index contributed by atoms with van der Waals surface area (Å²) in [5, 5.41) is 0.